The third kappa shape index (κ3) is 4.22. The molecule has 0 radical (unpaired) electrons. The maximum Gasteiger partial charge on any atom is 0.314 e. The van der Waals surface area contributed by atoms with Crippen molar-refractivity contribution in [1.82, 2.24) is 9.88 Å². The second-order valence-corrected chi connectivity index (χ2v) is 5.59. The van der Waals surface area contributed by atoms with E-state index in [0.29, 0.717) is 23.7 Å². The summed E-state index contributed by atoms with van der Waals surface area (Å²) in [5, 5.41) is 0.664. The van der Waals surface area contributed by atoms with Crippen LogP contribution < -0.4 is 5.73 Å². The SMILES string of the molecule is NC(=O)N1CCC[C@H](C(=O)OCc2nc(Cl)ccc2Cl)C1. The molecule has 2 N–H and O–H groups in total. The van der Waals surface area contributed by atoms with Gasteiger partial charge in [-0.1, -0.05) is 23.2 Å². The van der Waals surface area contributed by atoms with Gasteiger partial charge in [0.1, 0.15) is 11.8 Å². The number of ether oxygens (including phenoxy) is 1. The maximum absolute atomic E-state index is 12.0. The van der Waals surface area contributed by atoms with Gasteiger partial charge in [0.05, 0.1) is 16.6 Å². The van der Waals surface area contributed by atoms with E-state index in [9.17, 15) is 9.59 Å². The van der Waals surface area contributed by atoms with E-state index in [4.69, 9.17) is 33.7 Å². The van der Waals surface area contributed by atoms with Gasteiger partial charge in [-0.15, -0.1) is 0 Å². The molecule has 1 aromatic rings. The van der Waals surface area contributed by atoms with E-state index in [2.05, 4.69) is 4.98 Å². The van der Waals surface area contributed by atoms with Crippen molar-refractivity contribution < 1.29 is 14.3 Å². The van der Waals surface area contributed by atoms with Crippen LogP contribution in [0, 0.1) is 5.92 Å². The van der Waals surface area contributed by atoms with Crippen molar-refractivity contribution in [3.05, 3.63) is 28.0 Å². The van der Waals surface area contributed by atoms with Crippen molar-refractivity contribution >= 4 is 35.2 Å². The van der Waals surface area contributed by atoms with Gasteiger partial charge in [0, 0.05) is 13.1 Å². The molecule has 1 fully saturated rings. The molecule has 8 heteroatoms. The van der Waals surface area contributed by atoms with Crippen LogP contribution in [-0.2, 0) is 16.1 Å². The molecule has 1 aliphatic rings. The number of hydrogen-bond acceptors (Lipinski definition) is 4. The lowest BCUT2D eigenvalue weighted by molar-refractivity contribution is -0.151. The largest absolute Gasteiger partial charge is 0.459 e. The Kier molecular flexibility index (Phi) is 5.25. The van der Waals surface area contributed by atoms with Crippen molar-refractivity contribution in [3.8, 4) is 0 Å². The summed E-state index contributed by atoms with van der Waals surface area (Å²) in [6.45, 7) is 0.803. The third-order valence-corrected chi connectivity index (χ3v) is 3.86. The van der Waals surface area contributed by atoms with Gasteiger partial charge in [-0.25, -0.2) is 9.78 Å². The van der Waals surface area contributed by atoms with Crippen molar-refractivity contribution in [2.24, 2.45) is 11.7 Å². The van der Waals surface area contributed by atoms with Crippen molar-refractivity contribution in [2.75, 3.05) is 13.1 Å². The summed E-state index contributed by atoms with van der Waals surface area (Å²) in [7, 11) is 0. The van der Waals surface area contributed by atoms with Gasteiger partial charge in [-0.2, -0.15) is 0 Å². The first kappa shape index (κ1) is 15.9. The Balaban J connectivity index is 1.92. The van der Waals surface area contributed by atoms with Crippen LogP contribution in [0.3, 0.4) is 0 Å². The average Bonchev–Trinajstić information content (AvgIpc) is 2.48. The monoisotopic (exact) mass is 331 g/mol. The lowest BCUT2D eigenvalue weighted by Gasteiger charge is -2.30. The molecule has 0 spiro atoms. The zero-order chi connectivity index (χ0) is 15.4. The number of hydrogen-bond donors (Lipinski definition) is 1. The number of esters is 1. The van der Waals surface area contributed by atoms with E-state index < -0.39 is 12.0 Å². The van der Waals surface area contributed by atoms with Crippen molar-refractivity contribution in [1.29, 1.82) is 0 Å². The molecule has 6 nitrogen and oxygen atoms in total. The van der Waals surface area contributed by atoms with E-state index >= 15 is 0 Å². The van der Waals surface area contributed by atoms with Crippen LogP contribution >= 0.6 is 23.2 Å². The lowest BCUT2D eigenvalue weighted by Crippen LogP contribution is -2.45. The highest BCUT2D eigenvalue weighted by Crippen LogP contribution is 2.21. The number of carbonyl (C=O) groups excluding carboxylic acids is 2. The Morgan fingerprint density at radius 3 is 2.90 bits per heavy atom. The number of piperidine rings is 1. The van der Waals surface area contributed by atoms with Crippen LogP contribution in [-0.4, -0.2) is 35.0 Å². The molecule has 21 heavy (non-hydrogen) atoms. The molecular formula is C13H15Cl2N3O3. The number of nitrogens with zero attached hydrogens (tertiary/aromatic N) is 2. The summed E-state index contributed by atoms with van der Waals surface area (Å²) < 4.78 is 5.21. The number of urea groups is 1. The first-order chi connectivity index (χ1) is 9.97. The lowest BCUT2D eigenvalue weighted by atomic mass is 9.98. The number of amides is 2. The number of carbonyl (C=O) groups is 2. The molecule has 0 unspecified atom stereocenters. The van der Waals surface area contributed by atoms with E-state index in [1.165, 1.54) is 4.90 Å². The van der Waals surface area contributed by atoms with Gasteiger partial charge >= 0.3 is 12.0 Å². The van der Waals surface area contributed by atoms with Gasteiger partial charge in [0.2, 0.25) is 0 Å². The number of halogens is 2. The predicted molar refractivity (Wildman–Crippen MR) is 77.9 cm³/mol. The molecule has 0 aliphatic carbocycles. The zero-order valence-corrected chi connectivity index (χ0v) is 12.7. The van der Waals surface area contributed by atoms with E-state index in [0.717, 1.165) is 6.42 Å². The van der Waals surface area contributed by atoms with E-state index in [1.54, 1.807) is 12.1 Å². The van der Waals surface area contributed by atoms with E-state index in [1.807, 2.05) is 0 Å². The molecule has 1 saturated heterocycles. The fourth-order valence-electron chi connectivity index (χ4n) is 2.19. The molecule has 1 atom stereocenters. The van der Waals surface area contributed by atoms with Gasteiger partial charge in [0.25, 0.3) is 0 Å². The Bertz CT molecular complexity index is 553. The highest BCUT2D eigenvalue weighted by Gasteiger charge is 2.28. The van der Waals surface area contributed by atoms with Crippen LogP contribution in [0.1, 0.15) is 18.5 Å². The van der Waals surface area contributed by atoms with Gasteiger partial charge in [-0.3, -0.25) is 4.79 Å². The molecule has 2 rings (SSSR count). The molecule has 0 bridgehead atoms. The first-order valence-corrected chi connectivity index (χ1v) is 7.25. The molecule has 0 saturated carbocycles. The predicted octanol–water partition coefficient (Wildman–Crippen LogP) is 2.22. The summed E-state index contributed by atoms with van der Waals surface area (Å²) >= 11 is 11.7. The Labute approximate surface area is 132 Å². The molecule has 1 aliphatic heterocycles. The fourth-order valence-corrected chi connectivity index (χ4v) is 2.51. The van der Waals surface area contributed by atoms with Crippen molar-refractivity contribution in [3.63, 3.8) is 0 Å². The number of pyridine rings is 1. The Hall–Kier alpha value is -1.53. The van der Waals surface area contributed by atoms with Gasteiger partial charge in [-0.05, 0) is 25.0 Å². The van der Waals surface area contributed by atoms with Gasteiger partial charge in [0.15, 0.2) is 0 Å². The minimum atomic E-state index is -0.521. The smallest absolute Gasteiger partial charge is 0.314 e. The van der Waals surface area contributed by atoms with Crippen LogP contribution in [0.25, 0.3) is 0 Å². The zero-order valence-electron chi connectivity index (χ0n) is 11.2. The van der Waals surface area contributed by atoms with E-state index in [-0.39, 0.29) is 24.2 Å². The Morgan fingerprint density at radius 2 is 2.19 bits per heavy atom. The number of rotatable bonds is 3. The summed E-state index contributed by atoms with van der Waals surface area (Å²) in [6.07, 6.45) is 1.39. The second kappa shape index (κ2) is 6.95. The Morgan fingerprint density at radius 1 is 1.43 bits per heavy atom. The quantitative estimate of drug-likeness (QED) is 0.679. The maximum atomic E-state index is 12.0. The molecule has 114 valence electrons. The van der Waals surface area contributed by atoms with Crippen LogP contribution in [0.5, 0.6) is 0 Å². The fraction of sp³-hybridized carbons (Fsp3) is 0.462. The molecule has 2 amide bonds. The summed E-state index contributed by atoms with van der Waals surface area (Å²) in [5.74, 6) is -0.761. The minimum Gasteiger partial charge on any atom is -0.459 e. The van der Waals surface area contributed by atoms with Crippen LogP contribution in [0.15, 0.2) is 12.1 Å². The number of likely N-dealkylation sites (tertiary alicyclic amines) is 1. The summed E-state index contributed by atoms with van der Waals surface area (Å²) in [4.78, 5) is 28.6. The standard InChI is InChI=1S/C13H15Cl2N3O3/c14-9-3-4-11(15)17-10(9)7-21-12(19)8-2-1-5-18(6-8)13(16)20/h3-4,8H,1-2,5-7H2,(H2,16,20)/t8-/m0/s1. The highest BCUT2D eigenvalue weighted by molar-refractivity contribution is 6.32. The van der Waals surface area contributed by atoms with Crippen LogP contribution in [0.2, 0.25) is 10.2 Å². The summed E-state index contributed by atoms with van der Waals surface area (Å²) in [6, 6.07) is 2.63. The van der Waals surface area contributed by atoms with Crippen molar-refractivity contribution in [2.45, 2.75) is 19.4 Å². The molecule has 0 aromatic carbocycles. The van der Waals surface area contributed by atoms with Gasteiger partial charge < -0.3 is 15.4 Å². The molecule has 1 aromatic heterocycles. The molecule has 2 heterocycles. The number of nitrogens with two attached hydrogens (primary N) is 1. The molecular weight excluding hydrogens is 317 g/mol. The summed E-state index contributed by atoms with van der Waals surface area (Å²) in [5.41, 5.74) is 5.63. The number of aromatic nitrogens is 1. The highest BCUT2D eigenvalue weighted by atomic mass is 35.5. The minimum absolute atomic E-state index is 0.0503. The average molecular weight is 332 g/mol. The third-order valence-electron chi connectivity index (χ3n) is 3.30. The second-order valence-electron chi connectivity index (χ2n) is 4.79. The van der Waals surface area contributed by atoms with Crippen LogP contribution in [0.4, 0.5) is 4.79 Å². The normalized spacial score (nSPS) is 18.4. The first-order valence-electron chi connectivity index (χ1n) is 6.49. The topological polar surface area (TPSA) is 85.5 Å². The number of primary amides is 1.